The van der Waals surface area contributed by atoms with Gasteiger partial charge in [0.2, 0.25) is 5.91 Å². The molecule has 0 aliphatic carbocycles. The first-order valence-corrected chi connectivity index (χ1v) is 11.5. The average Bonchev–Trinajstić information content (AvgIpc) is 3.24. The molecule has 2 aromatic rings. The lowest BCUT2D eigenvalue weighted by atomic mass is 10.2. The van der Waals surface area contributed by atoms with E-state index in [0.717, 1.165) is 42.1 Å². The van der Waals surface area contributed by atoms with Crippen LogP contribution < -0.4 is 4.74 Å². The normalized spacial score (nSPS) is 16.3. The van der Waals surface area contributed by atoms with Crippen molar-refractivity contribution in [3.05, 3.63) is 64.7 Å². The minimum absolute atomic E-state index is 0.0513. The fourth-order valence-electron chi connectivity index (χ4n) is 3.59. The molecule has 1 aliphatic rings. The Balaban J connectivity index is 1.67. The maximum Gasteiger partial charge on any atom is 0.237 e. The van der Waals surface area contributed by atoms with Crippen molar-refractivity contribution in [1.29, 1.82) is 0 Å². The summed E-state index contributed by atoms with van der Waals surface area (Å²) >= 11 is 7.96. The van der Waals surface area contributed by atoms with Gasteiger partial charge in [0.15, 0.2) is 0 Å². The average molecular weight is 449 g/mol. The van der Waals surface area contributed by atoms with Gasteiger partial charge in [-0.15, -0.1) is 11.8 Å². The van der Waals surface area contributed by atoms with Crippen molar-refractivity contribution in [2.45, 2.75) is 18.3 Å². The van der Waals surface area contributed by atoms with E-state index in [0.29, 0.717) is 24.7 Å². The zero-order valence-electron chi connectivity index (χ0n) is 17.6. The second-order valence-corrected chi connectivity index (χ2v) is 8.89. The Hall–Kier alpha value is -1.73. The Morgan fingerprint density at radius 1 is 1.23 bits per heavy atom. The summed E-state index contributed by atoms with van der Waals surface area (Å²) < 4.78 is 10.5. The summed E-state index contributed by atoms with van der Waals surface area (Å²) in [6.07, 6.45) is 0.876. The number of benzene rings is 2. The number of hydrogen-bond acceptors (Lipinski definition) is 5. The molecule has 1 saturated heterocycles. The van der Waals surface area contributed by atoms with Crippen molar-refractivity contribution in [2.24, 2.45) is 0 Å². The van der Waals surface area contributed by atoms with E-state index in [1.165, 1.54) is 0 Å². The largest absolute Gasteiger partial charge is 0.497 e. The summed E-state index contributed by atoms with van der Waals surface area (Å²) in [5.74, 6) is 1.92. The number of ether oxygens (including phenoxy) is 2. The van der Waals surface area contributed by atoms with Crippen LogP contribution in [0.15, 0.2) is 48.5 Å². The van der Waals surface area contributed by atoms with Gasteiger partial charge in [0.05, 0.1) is 13.7 Å². The Morgan fingerprint density at radius 2 is 2.03 bits per heavy atom. The topological polar surface area (TPSA) is 42.0 Å². The molecule has 3 rings (SSSR count). The van der Waals surface area contributed by atoms with E-state index in [4.69, 9.17) is 21.1 Å². The van der Waals surface area contributed by atoms with Gasteiger partial charge in [-0.1, -0.05) is 35.9 Å². The van der Waals surface area contributed by atoms with Crippen LogP contribution in [0.5, 0.6) is 5.75 Å². The van der Waals surface area contributed by atoms with Crippen LogP contribution in [0.1, 0.15) is 22.9 Å². The van der Waals surface area contributed by atoms with Gasteiger partial charge in [0, 0.05) is 44.1 Å². The van der Waals surface area contributed by atoms with Crippen LogP contribution in [0.3, 0.4) is 0 Å². The molecule has 1 atom stereocenters. The number of nitrogens with zero attached hydrogens (tertiary/aromatic N) is 2. The standard InChI is InChI=1S/C23H29ClN2O3S/c1-28-13-4-11-25(16-18-5-3-6-20(24)15-18)17-22(27)26-12-14-30-23(26)19-7-9-21(29-2)10-8-19/h3,5-10,15,23H,4,11-14,16-17H2,1-2H3. The van der Waals surface area contributed by atoms with Crippen LogP contribution >= 0.6 is 23.4 Å². The van der Waals surface area contributed by atoms with Gasteiger partial charge in [-0.25, -0.2) is 0 Å². The number of carbonyl (C=O) groups excluding carboxylic acids is 1. The molecule has 0 N–H and O–H groups in total. The highest BCUT2D eigenvalue weighted by Gasteiger charge is 2.31. The molecule has 0 bridgehead atoms. The molecule has 1 amide bonds. The van der Waals surface area contributed by atoms with Crippen LogP contribution in [-0.2, 0) is 16.1 Å². The number of rotatable bonds is 10. The van der Waals surface area contributed by atoms with E-state index in [9.17, 15) is 4.79 Å². The fraction of sp³-hybridized carbons (Fsp3) is 0.435. The molecule has 1 heterocycles. The Morgan fingerprint density at radius 3 is 2.73 bits per heavy atom. The number of amides is 1. The third-order valence-electron chi connectivity index (χ3n) is 5.09. The van der Waals surface area contributed by atoms with E-state index in [1.54, 1.807) is 14.2 Å². The molecule has 162 valence electrons. The van der Waals surface area contributed by atoms with Crippen molar-refractivity contribution < 1.29 is 14.3 Å². The third-order valence-corrected chi connectivity index (χ3v) is 6.58. The Labute approximate surface area is 188 Å². The molecule has 5 nitrogen and oxygen atoms in total. The summed E-state index contributed by atoms with van der Waals surface area (Å²) in [6, 6.07) is 15.8. The predicted molar refractivity (Wildman–Crippen MR) is 123 cm³/mol. The zero-order chi connectivity index (χ0) is 21.3. The van der Waals surface area contributed by atoms with Gasteiger partial charge in [-0.3, -0.25) is 9.69 Å². The molecule has 0 spiro atoms. The summed E-state index contributed by atoms with van der Waals surface area (Å²) in [5.41, 5.74) is 2.24. The van der Waals surface area contributed by atoms with Gasteiger partial charge in [-0.2, -0.15) is 0 Å². The quantitative estimate of drug-likeness (QED) is 0.502. The SMILES string of the molecule is COCCCN(CC(=O)N1CCSC1c1ccc(OC)cc1)Cc1cccc(Cl)c1. The minimum Gasteiger partial charge on any atom is -0.497 e. The second kappa shape index (κ2) is 11.6. The van der Waals surface area contributed by atoms with Crippen molar-refractivity contribution in [1.82, 2.24) is 9.80 Å². The highest BCUT2D eigenvalue weighted by molar-refractivity contribution is 7.99. The molecule has 0 saturated carbocycles. The summed E-state index contributed by atoms with van der Waals surface area (Å²) in [4.78, 5) is 17.4. The summed E-state index contributed by atoms with van der Waals surface area (Å²) in [5, 5.41) is 0.765. The Bertz CT molecular complexity index is 818. The second-order valence-electron chi connectivity index (χ2n) is 7.27. The number of thioether (sulfide) groups is 1. The van der Waals surface area contributed by atoms with E-state index >= 15 is 0 Å². The molecule has 2 aromatic carbocycles. The van der Waals surface area contributed by atoms with E-state index in [-0.39, 0.29) is 11.3 Å². The summed E-state index contributed by atoms with van der Waals surface area (Å²) in [7, 11) is 3.36. The van der Waals surface area contributed by atoms with Crippen LogP contribution in [0.2, 0.25) is 5.02 Å². The summed E-state index contributed by atoms with van der Waals surface area (Å²) in [6.45, 7) is 3.30. The van der Waals surface area contributed by atoms with Gasteiger partial charge < -0.3 is 14.4 Å². The van der Waals surface area contributed by atoms with Crippen LogP contribution in [-0.4, -0.2) is 61.9 Å². The van der Waals surface area contributed by atoms with Crippen molar-refractivity contribution in [3.63, 3.8) is 0 Å². The van der Waals surface area contributed by atoms with Crippen molar-refractivity contribution in [3.8, 4) is 5.75 Å². The van der Waals surface area contributed by atoms with Crippen molar-refractivity contribution >= 4 is 29.3 Å². The molecule has 0 radical (unpaired) electrons. The van der Waals surface area contributed by atoms with E-state index in [2.05, 4.69) is 4.90 Å². The molecular weight excluding hydrogens is 420 g/mol. The first kappa shape index (κ1) is 22.9. The first-order valence-electron chi connectivity index (χ1n) is 10.1. The van der Waals surface area contributed by atoms with Crippen LogP contribution in [0.4, 0.5) is 0 Å². The lowest BCUT2D eigenvalue weighted by Crippen LogP contribution is -2.40. The highest BCUT2D eigenvalue weighted by Crippen LogP contribution is 2.38. The van der Waals surface area contributed by atoms with Crippen LogP contribution in [0.25, 0.3) is 0 Å². The molecule has 0 aromatic heterocycles. The fourth-order valence-corrected chi connectivity index (χ4v) is 5.08. The lowest BCUT2D eigenvalue weighted by Gasteiger charge is -2.28. The number of hydrogen-bond donors (Lipinski definition) is 0. The first-order chi connectivity index (χ1) is 14.6. The van der Waals surface area contributed by atoms with Crippen molar-refractivity contribution in [2.75, 3.05) is 46.2 Å². The molecule has 1 unspecified atom stereocenters. The third kappa shape index (κ3) is 6.38. The van der Waals surface area contributed by atoms with Gasteiger partial charge >= 0.3 is 0 Å². The van der Waals surface area contributed by atoms with E-state index in [1.807, 2.05) is 65.2 Å². The smallest absolute Gasteiger partial charge is 0.237 e. The Kier molecular flexibility index (Phi) is 8.88. The molecule has 30 heavy (non-hydrogen) atoms. The number of methoxy groups -OCH3 is 2. The predicted octanol–water partition coefficient (Wildman–Crippen LogP) is 4.46. The molecule has 1 fully saturated rings. The molecule has 1 aliphatic heterocycles. The maximum absolute atomic E-state index is 13.2. The zero-order valence-corrected chi connectivity index (χ0v) is 19.1. The lowest BCUT2D eigenvalue weighted by molar-refractivity contribution is -0.132. The molecular formula is C23H29ClN2O3S. The van der Waals surface area contributed by atoms with Gasteiger partial charge in [-0.05, 0) is 41.8 Å². The van der Waals surface area contributed by atoms with Gasteiger partial charge in [0.1, 0.15) is 11.1 Å². The number of carbonyl (C=O) groups is 1. The highest BCUT2D eigenvalue weighted by atomic mass is 35.5. The minimum atomic E-state index is 0.0513. The monoisotopic (exact) mass is 448 g/mol. The molecule has 7 heteroatoms. The van der Waals surface area contributed by atoms with Crippen LogP contribution in [0, 0.1) is 0 Å². The number of halogens is 1. The van der Waals surface area contributed by atoms with Gasteiger partial charge in [0.25, 0.3) is 0 Å². The van der Waals surface area contributed by atoms with E-state index < -0.39 is 0 Å². The maximum atomic E-state index is 13.2.